The fourth-order valence-electron chi connectivity index (χ4n) is 5.20. The molecule has 0 aliphatic carbocycles. The van der Waals surface area contributed by atoms with Crippen LogP contribution in [0.3, 0.4) is 0 Å². The van der Waals surface area contributed by atoms with Crippen molar-refractivity contribution in [2.75, 3.05) is 23.9 Å². The number of nitrogens with two attached hydrogens (primary N) is 1. The van der Waals surface area contributed by atoms with Gasteiger partial charge < -0.3 is 20.6 Å². The Bertz CT molecular complexity index is 1410. The van der Waals surface area contributed by atoms with Crippen molar-refractivity contribution in [3.05, 3.63) is 22.8 Å². The molecule has 0 amide bonds. The zero-order chi connectivity index (χ0) is 23.7. The van der Waals surface area contributed by atoms with Crippen LogP contribution >= 0.6 is 22.9 Å². The summed E-state index contributed by atoms with van der Waals surface area (Å²) in [6, 6.07) is 3.03. The van der Waals surface area contributed by atoms with Gasteiger partial charge >= 0.3 is 0 Å². The molecule has 2 aliphatic rings. The molecule has 4 N–H and O–H groups in total. The van der Waals surface area contributed by atoms with E-state index in [0.29, 0.717) is 51.8 Å². The van der Waals surface area contributed by atoms with E-state index < -0.39 is 12.2 Å². The Morgan fingerprint density at radius 1 is 1.29 bits per heavy atom. The van der Waals surface area contributed by atoms with E-state index in [2.05, 4.69) is 15.2 Å². The fraction of sp³-hybridized carbons (Fsp3) is 0.455. The summed E-state index contributed by atoms with van der Waals surface area (Å²) in [5.74, 6) is 0.492. The lowest BCUT2D eigenvalue weighted by molar-refractivity contribution is 0.202. The number of aliphatic hydroxyl groups excluding tert-OH is 1. The molecule has 5 heterocycles. The minimum absolute atomic E-state index is 0.0838. The van der Waals surface area contributed by atoms with Crippen LogP contribution in [0, 0.1) is 0 Å². The number of hydrogen-bond donors (Lipinski definition) is 3. The lowest BCUT2D eigenvalue weighted by atomic mass is 9.96. The molecule has 12 heteroatoms. The van der Waals surface area contributed by atoms with E-state index in [1.54, 1.807) is 0 Å². The van der Waals surface area contributed by atoms with Crippen molar-refractivity contribution >= 4 is 55.3 Å². The molecule has 3 aromatic heterocycles. The molecule has 6 rings (SSSR count). The van der Waals surface area contributed by atoms with E-state index in [4.69, 9.17) is 27.3 Å². The van der Waals surface area contributed by atoms with E-state index in [1.165, 1.54) is 11.3 Å². The van der Waals surface area contributed by atoms with Gasteiger partial charge in [-0.15, -0.1) is 0 Å². The van der Waals surface area contributed by atoms with Gasteiger partial charge in [-0.05, 0) is 31.4 Å². The lowest BCUT2D eigenvalue weighted by Gasteiger charge is -2.41. The van der Waals surface area contributed by atoms with Crippen LogP contribution in [0.1, 0.15) is 25.0 Å². The molecule has 0 saturated carbocycles. The number of rotatable bonds is 4. The standard InChI is InChI=1S/C22H24ClFN8OS/c1-31(2)22-27-12-5-4-10(15(23)19(12)34-22)17-18-20(30-29-17)28-21(13(8-33)26-18)32-9-3-6-14(32)16(24)11(25)7-9/h4-5,9,11,14,16,33H,3,6-8,25H2,1-2H3,(H,28,29,30)/t9-,11+,14+,16+/m1/s1. The minimum atomic E-state index is -1.14. The second-order valence-electron chi connectivity index (χ2n) is 9.14. The third-order valence-electron chi connectivity index (χ3n) is 6.83. The van der Waals surface area contributed by atoms with Crippen LogP contribution in [0.25, 0.3) is 32.6 Å². The normalized spacial score (nSPS) is 24.5. The number of halogens is 2. The highest BCUT2D eigenvalue weighted by Gasteiger charge is 2.48. The van der Waals surface area contributed by atoms with Crippen molar-refractivity contribution in [1.29, 1.82) is 0 Å². The number of benzene rings is 1. The molecule has 0 unspecified atom stereocenters. The second kappa shape index (κ2) is 7.98. The molecule has 2 saturated heterocycles. The lowest BCUT2D eigenvalue weighted by Crippen LogP contribution is -2.56. The fourth-order valence-corrected chi connectivity index (χ4v) is 6.50. The third kappa shape index (κ3) is 3.18. The summed E-state index contributed by atoms with van der Waals surface area (Å²) >= 11 is 8.29. The third-order valence-corrected chi connectivity index (χ3v) is 8.59. The van der Waals surface area contributed by atoms with Gasteiger partial charge in [0.05, 0.1) is 27.9 Å². The van der Waals surface area contributed by atoms with Crippen molar-refractivity contribution in [2.24, 2.45) is 5.73 Å². The van der Waals surface area contributed by atoms with Gasteiger partial charge in [0.25, 0.3) is 0 Å². The molecule has 4 aromatic rings. The number of aromatic amines is 1. The van der Waals surface area contributed by atoms with Crippen molar-refractivity contribution in [3.8, 4) is 11.3 Å². The summed E-state index contributed by atoms with van der Waals surface area (Å²) < 4.78 is 15.7. The van der Waals surface area contributed by atoms with Gasteiger partial charge in [-0.2, -0.15) is 5.10 Å². The number of aliphatic hydroxyl groups is 1. The number of alkyl halides is 1. The summed E-state index contributed by atoms with van der Waals surface area (Å²) in [5, 5.41) is 19.0. The molecule has 1 aromatic carbocycles. The zero-order valence-corrected chi connectivity index (χ0v) is 20.2. The molecule has 4 atom stereocenters. The highest BCUT2D eigenvalue weighted by atomic mass is 35.5. The van der Waals surface area contributed by atoms with Gasteiger partial charge in [0.15, 0.2) is 16.6 Å². The highest BCUT2D eigenvalue weighted by molar-refractivity contribution is 7.22. The molecule has 2 bridgehead atoms. The van der Waals surface area contributed by atoms with E-state index >= 15 is 0 Å². The molecule has 0 spiro atoms. The Kier molecular flexibility index (Phi) is 5.14. The van der Waals surface area contributed by atoms with Crippen molar-refractivity contribution < 1.29 is 9.50 Å². The zero-order valence-electron chi connectivity index (χ0n) is 18.7. The number of nitrogens with zero attached hydrogens (tertiary/aromatic N) is 6. The average molecular weight is 503 g/mol. The van der Waals surface area contributed by atoms with E-state index in [9.17, 15) is 9.50 Å². The Hall–Kier alpha value is -2.60. The summed E-state index contributed by atoms with van der Waals surface area (Å²) in [7, 11) is 3.87. The summed E-state index contributed by atoms with van der Waals surface area (Å²) in [6.07, 6.45) is 0.960. The first-order valence-electron chi connectivity index (χ1n) is 11.2. The van der Waals surface area contributed by atoms with Crippen molar-refractivity contribution in [2.45, 2.75) is 50.2 Å². The number of H-pyrrole nitrogens is 1. The first-order chi connectivity index (χ1) is 16.4. The van der Waals surface area contributed by atoms with Gasteiger partial charge in [-0.25, -0.2) is 19.3 Å². The molecule has 34 heavy (non-hydrogen) atoms. The summed E-state index contributed by atoms with van der Waals surface area (Å²) in [5.41, 5.74) is 9.43. The quantitative estimate of drug-likeness (QED) is 0.389. The predicted octanol–water partition coefficient (Wildman–Crippen LogP) is 3.25. The number of anilines is 2. The topological polar surface area (TPSA) is 120 Å². The van der Waals surface area contributed by atoms with Crippen LogP contribution in [-0.4, -0.2) is 68.6 Å². The Morgan fingerprint density at radius 2 is 2.12 bits per heavy atom. The monoisotopic (exact) mass is 502 g/mol. The van der Waals surface area contributed by atoms with Gasteiger partial charge in [0.2, 0.25) is 0 Å². The molecule has 2 aliphatic heterocycles. The van der Waals surface area contributed by atoms with Crippen LogP contribution in [0.5, 0.6) is 0 Å². The van der Waals surface area contributed by atoms with Crippen LogP contribution in [0.2, 0.25) is 5.02 Å². The first-order valence-corrected chi connectivity index (χ1v) is 12.4. The molecule has 2 fully saturated rings. The van der Waals surface area contributed by atoms with Crippen LogP contribution < -0.4 is 15.5 Å². The maximum absolute atomic E-state index is 14.9. The Labute approximate surface area is 203 Å². The minimum Gasteiger partial charge on any atom is -0.390 e. The molecule has 9 nitrogen and oxygen atoms in total. The number of thiazole rings is 1. The van der Waals surface area contributed by atoms with Crippen molar-refractivity contribution in [1.82, 2.24) is 25.1 Å². The number of hydrogen-bond acceptors (Lipinski definition) is 9. The largest absolute Gasteiger partial charge is 0.390 e. The predicted molar refractivity (Wildman–Crippen MR) is 132 cm³/mol. The summed E-state index contributed by atoms with van der Waals surface area (Å²) in [4.78, 5) is 18.0. The number of aromatic nitrogens is 5. The van der Waals surface area contributed by atoms with Gasteiger partial charge in [-0.1, -0.05) is 22.9 Å². The van der Waals surface area contributed by atoms with E-state index in [0.717, 1.165) is 21.8 Å². The van der Waals surface area contributed by atoms with Crippen LogP contribution in [-0.2, 0) is 6.61 Å². The Morgan fingerprint density at radius 3 is 2.88 bits per heavy atom. The molecule has 0 radical (unpaired) electrons. The smallest absolute Gasteiger partial charge is 0.185 e. The van der Waals surface area contributed by atoms with Crippen LogP contribution in [0.15, 0.2) is 12.1 Å². The van der Waals surface area contributed by atoms with E-state index in [1.807, 2.05) is 36.0 Å². The Balaban J connectivity index is 1.46. The average Bonchev–Trinajstić information content (AvgIpc) is 3.52. The van der Waals surface area contributed by atoms with Crippen LogP contribution in [0.4, 0.5) is 15.3 Å². The van der Waals surface area contributed by atoms with Crippen molar-refractivity contribution in [3.63, 3.8) is 0 Å². The molecule has 178 valence electrons. The second-order valence-corrected chi connectivity index (χ2v) is 10.5. The van der Waals surface area contributed by atoms with E-state index in [-0.39, 0.29) is 18.7 Å². The maximum atomic E-state index is 14.9. The highest BCUT2D eigenvalue weighted by Crippen LogP contribution is 2.43. The van der Waals surface area contributed by atoms with Gasteiger partial charge in [-0.3, -0.25) is 5.10 Å². The maximum Gasteiger partial charge on any atom is 0.185 e. The van der Waals surface area contributed by atoms with Gasteiger partial charge in [0, 0.05) is 31.7 Å². The molecular formula is C22H24ClFN8OS. The number of piperidine rings is 1. The number of nitrogens with one attached hydrogen (secondary N) is 1. The summed E-state index contributed by atoms with van der Waals surface area (Å²) in [6.45, 7) is -0.324. The SMILES string of the molecule is CN(C)c1nc2ccc(-c3n[nH]c4nc(N5[C@@H]6CC[C@H]5[C@@H](F)[C@@H](N)C6)c(CO)nc34)c(Cl)c2s1. The number of fused-ring (bicyclic) bond motifs is 4. The molecular weight excluding hydrogens is 479 g/mol. The first kappa shape index (κ1) is 21.9. The van der Waals surface area contributed by atoms with Gasteiger partial charge in [0.1, 0.15) is 23.1 Å².